The first-order valence-corrected chi connectivity index (χ1v) is 6.60. The molecule has 0 aliphatic heterocycles. The van der Waals surface area contributed by atoms with Crippen LogP contribution in [-0.2, 0) is 6.54 Å². The predicted octanol–water partition coefficient (Wildman–Crippen LogP) is 2.11. The van der Waals surface area contributed by atoms with Gasteiger partial charge in [0.15, 0.2) is 0 Å². The lowest BCUT2D eigenvalue weighted by Gasteiger charge is -2.35. The molecular formula is C13H23N3O. The summed E-state index contributed by atoms with van der Waals surface area (Å²) in [6.45, 7) is 5.35. The van der Waals surface area contributed by atoms with E-state index in [9.17, 15) is 0 Å². The van der Waals surface area contributed by atoms with Crippen molar-refractivity contribution in [2.24, 2.45) is 11.8 Å². The summed E-state index contributed by atoms with van der Waals surface area (Å²) in [5.41, 5.74) is 1.07. The van der Waals surface area contributed by atoms with Crippen molar-refractivity contribution in [3.63, 3.8) is 0 Å². The molecule has 17 heavy (non-hydrogen) atoms. The second-order valence-electron chi connectivity index (χ2n) is 5.27. The Hall–Kier alpha value is -1.03. The number of aliphatic hydroxyl groups excluding tert-OH is 1. The molecule has 1 aromatic rings. The second-order valence-corrected chi connectivity index (χ2v) is 5.27. The van der Waals surface area contributed by atoms with Crippen LogP contribution >= 0.6 is 0 Å². The summed E-state index contributed by atoms with van der Waals surface area (Å²) in [7, 11) is 0. The van der Waals surface area contributed by atoms with Crippen molar-refractivity contribution in [3.05, 3.63) is 12.4 Å². The molecule has 96 valence electrons. The molecule has 1 aromatic heterocycles. The third-order valence-electron chi connectivity index (χ3n) is 3.84. The molecule has 1 saturated carbocycles. The molecule has 2 atom stereocenters. The minimum absolute atomic E-state index is 0.136. The molecule has 2 unspecified atom stereocenters. The molecule has 4 nitrogen and oxygen atoms in total. The Labute approximate surface area is 103 Å². The zero-order valence-corrected chi connectivity index (χ0v) is 10.8. The van der Waals surface area contributed by atoms with Crippen LogP contribution in [0.25, 0.3) is 0 Å². The zero-order valence-electron chi connectivity index (χ0n) is 10.8. The van der Waals surface area contributed by atoms with Crippen LogP contribution in [0.3, 0.4) is 0 Å². The average molecular weight is 237 g/mol. The summed E-state index contributed by atoms with van der Waals surface area (Å²) in [6, 6.07) is 0.551. The Morgan fingerprint density at radius 3 is 2.76 bits per heavy atom. The molecule has 0 saturated heterocycles. The second kappa shape index (κ2) is 5.54. The molecule has 0 amide bonds. The minimum atomic E-state index is 0.136. The fraction of sp³-hybridized carbons (Fsp3) is 0.769. The van der Waals surface area contributed by atoms with E-state index in [0.29, 0.717) is 12.6 Å². The fourth-order valence-electron chi connectivity index (χ4n) is 2.82. The summed E-state index contributed by atoms with van der Waals surface area (Å²) in [6.07, 6.45) is 7.80. The molecule has 2 rings (SSSR count). The number of hydrogen-bond donors (Lipinski definition) is 2. The summed E-state index contributed by atoms with van der Waals surface area (Å²) < 4.78 is 1.78. The molecule has 2 N–H and O–H groups in total. The molecule has 1 aliphatic rings. The molecule has 0 radical (unpaired) electrons. The predicted molar refractivity (Wildman–Crippen MR) is 68.9 cm³/mol. The van der Waals surface area contributed by atoms with E-state index in [1.165, 1.54) is 19.3 Å². The first-order valence-electron chi connectivity index (χ1n) is 6.60. The molecule has 0 spiro atoms. The third-order valence-corrected chi connectivity index (χ3v) is 3.84. The maximum absolute atomic E-state index is 8.85. The largest absolute Gasteiger partial charge is 0.394 e. The first-order chi connectivity index (χ1) is 8.20. The first kappa shape index (κ1) is 12.4. The standard InChI is InChI=1S/C13H23N3O/c1-10-4-3-5-11(2)13(10)15-12-8-14-16(9-12)6-7-17/h8-11,13,15,17H,3-7H2,1-2H3. The molecular weight excluding hydrogens is 214 g/mol. The molecule has 1 heterocycles. The summed E-state index contributed by atoms with van der Waals surface area (Å²) >= 11 is 0. The monoisotopic (exact) mass is 237 g/mol. The van der Waals surface area contributed by atoms with Gasteiger partial charge in [-0.2, -0.15) is 5.10 Å². The highest BCUT2D eigenvalue weighted by molar-refractivity contribution is 5.39. The lowest BCUT2D eigenvalue weighted by molar-refractivity contribution is 0.267. The SMILES string of the molecule is CC1CCCC(C)C1Nc1cnn(CCO)c1. The van der Waals surface area contributed by atoms with E-state index < -0.39 is 0 Å². The number of hydrogen-bond acceptors (Lipinski definition) is 3. The van der Waals surface area contributed by atoms with Gasteiger partial charge >= 0.3 is 0 Å². The van der Waals surface area contributed by atoms with Gasteiger partial charge in [-0.15, -0.1) is 0 Å². The van der Waals surface area contributed by atoms with Gasteiger partial charge in [-0.05, 0) is 24.7 Å². The van der Waals surface area contributed by atoms with Gasteiger partial charge in [0.05, 0.1) is 25.0 Å². The van der Waals surface area contributed by atoms with Crippen molar-refractivity contribution in [1.82, 2.24) is 9.78 Å². The van der Waals surface area contributed by atoms with Crippen LogP contribution in [0, 0.1) is 11.8 Å². The molecule has 1 fully saturated rings. The molecule has 4 heteroatoms. The smallest absolute Gasteiger partial charge is 0.0728 e. The van der Waals surface area contributed by atoms with E-state index in [0.717, 1.165) is 17.5 Å². The maximum atomic E-state index is 8.85. The number of anilines is 1. The van der Waals surface area contributed by atoms with Crippen molar-refractivity contribution < 1.29 is 5.11 Å². The Kier molecular flexibility index (Phi) is 4.05. The van der Waals surface area contributed by atoms with Crippen molar-refractivity contribution in [2.45, 2.75) is 45.7 Å². The van der Waals surface area contributed by atoms with Gasteiger partial charge in [0.25, 0.3) is 0 Å². The van der Waals surface area contributed by atoms with Crippen LogP contribution in [0.1, 0.15) is 33.1 Å². The van der Waals surface area contributed by atoms with Crippen LogP contribution in [0.4, 0.5) is 5.69 Å². The Bertz CT molecular complexity index is 340. The fourth-order valence-corrected chi connectivity index (χ4v) is 2.82. The number of nitrogens with zero attached hydrogens (tertiary/aromatic N) is 2. The quantitative estimate of drug-likeness (QED) is 0.843. The Balaban J connectivity index is 1.98. The average Bonchev–Trinajstić information content (AvgIpc) is 2.72. The van der Waals surface area contributed by atoms with Gasteiger partial charge in [0, 0.05) is 12.2 Å². The van der Waals surface area contributed by atoms with E-state index in [-0.39, 0.29) is 6.61 Å². The number of aromatic nitrogens is 2. The van der Waals surface area contributed by atoms with Crippen molar-refractivity contribution in [1.29, 1.82) is 0 Å². The molecule has 0 aromatic carbocycles. The normalized spacial score (nSPS) is 29.2. The van der Waals surface area contributed by atoms with E-state index in [1.54, 1.807) is 4.68 Å². The van der Waals surface area contributed by atoms with Crippen molar-refractivity contribution >= 4 is 5.69 Å². The van der Waals surface area contributed by atoms with Gasteiger partial charge in [0.2, 0.25) is 0 Å². The summed E-state index contributed by atoms with van der Waals surface area (Å²) in [5.74, 6) is 1.44. The lowest BCUT2D eigenvalue weighted by Crippen LogP contribution is -2.36. The Morgan fingerprint density at radius 1 is 1.41 bits per heavy atom. The number of aliphatic hydroxyl groups is 1. The highest BCUT2D eigenvalue weighted by Gasteiger charge is 2.27. The highest BCUT2D eigenvalue weighted by Crippen LogP contribution is 2.31. The minimum Gasteiger partial charge on any atom is -0.394 e. The number of rotatable bonds is 4. The highest BCUT2D eigenvalue weighted by atomic mass is 16.3. The van der Waals surface area contributed by atoms with Crippen molar-refractivity contribution in [3.8, 4) is 0 Å². The summed E-state index contributed by atoms with van der Waals surface area (Å²) in [5, 5.41) is 16.7. The van der Waals surface area contributed by atoms with E-state index in [2.05, 4.69) is 24.3 Å². The van der Waals surface area contributed by atoms with Crippen LogP contribution in [0.2, 0.25) is 0 Å². The van der Waals surface area contributed by atoms with Gasteiger partial charge in [-0.3, -0.25) is 4.68 Å². The molecule has 0 bridgehead atoms. The Morgan fingerprint density at radius 2 is 2.12 bits per heavy atom. The maximum Gasteiger partial charge on any atom is 0.0728 e. The third kappa shape index (κ3) is 3.00. The van der Waals surface area contributed by atoms with Crippen LogP contribution in [-0.4, -0.2) is 27.5 Å². The van der Waals surface area contributed by atoms with Crippen molar-refractivity contribution in [2.75, 3.05) is 11.9 Å². The van der Waals surface area contributed by atoms with E-state index >= 15 is 0 Å². The van der Waals surface area contributed by atoms with E-state index in [1.807, 2.05) is 12.4 Å². The summed E-state index contributed by atoms with van der Waals surface area (Å²) in [4.78, 5) is 0. The number of nitrogens with one attached hydrogen (secondary N) is 1. The zero-order chi connectivity index (χ0) is 12.3. The molecule has 1 aliphatic carbocycles. The van der Waals surface area contributed by atoms with Gasteiger partial charge in [-0.25, -0.2) is 0 Å². The van der Waals surface area contributed by atoms with E-state index in [4.69, 9.17) is 5.11 Å². The van der Waals surface area contributed by atoms with Gasteiger partial charge in [0.1, 0.15) is 0 Å². The van der Waals surface area contributed by atoms with Gasteiger partial charge in [-0.1, -0.05) is 20.3 Å². The lowest BCUT2D eigenvalue weighted by atomic mass is 9.78. The van der Waals surface area contributed by atoms with Crippen LogP contribution in [0.5, 0.6) is 0 Å². The topological polar surface area (TPSA) is 50.1 Å². The van der Waals surface area contributed by atoms with Crippen LogP contribution < -0.4 is 5.32 Å². The van der Waals surface area contributed by atoms with Crippen LogP contribution in [0.15, 0.2) is 12.4 Å². The van der Waals surface area contributed by atoms with Gasteiger partial charge < -0.3 is 10.4 Å².